The summed E-state index contributed by atoms with van der Waals surface area (Å²) < 4.78 is 28.3. The Hall–Kier alpha value is -4.02. The molecule has 0 saturated carbocycles. The summed E-state index contributed by atoms with van der Waals surface area (Å²) in [5.74, 6) is 0.325. The van der Waals surface area contributed by atoms with E-state index in [-0.39, 0.29) is 11.3 Å². The summed E-state index contributed by atoms with van der Waals surface area (Å²) in [6.45, 7) is 10.6. The number of ketones is 1. The number of carbonyl (C=O) groups excluding carboxylic acids is 2. The van der Waals surface area contributed by atoms with Crippen molar-refractivity contribution in [2.75, 3.05) is 65.8 Å². The number of likely N-dealkylation sites (tertiary alicyclic amines) is 1. The fourth-order valence-electron chi connectivity index (χ4n) is 5.11. The van der Waals surface area contributed by atoms with Crippen LogP contribution >= 0.6 is 0 Å². The average Bonchev–Trinajstić information content (AvgIpc) is 3.24. The highest BCUT2D eigenvalue weighted by atomic mass is 16.6. The van der Waals surface area contributed by atoms with Crippen LogP contribution in [0.25, 0.3) is 5.76 Å². The van der Waals surface area contributed by atoms with Crippen LogP contribution in [-0.4, -0.2) is 92.4 Å². The molecule has 0 radical (unpaired) electrons. The Labute approximate surface area is 233 Å². The molecular formula is C30H34N2O8. The lowest BCUT2D eigenvalue weighted by atomic mass is 9.94. The molecule has 0 bridgehead atoms. The van der Waals surface area contributed by atoms with Gasteiger partial charge in [0.25, 0.3) is 11.7 Å². The van der Waals surface area contributed by atoms with Gasteiger partial charge in [-0.3, -0.25) is 14.5 Å². The lowest BCUT2D eigenvalue weighted by molar-refractivity contribution is -0.140. The van der Waals surface area contributed by atoms with Gasteiger partial charge in [-0.2, -0.15) is 0 Å². The highest BCUT2D eigenvalue weighted by molar-refractivity contribution is 6.46. The van der Waals surface area contributed by atoms with Crippen LogP contribution in [0.15, 0.2) is 54.6 Å². The van der Waals surface area contributed by atoms with Crippen LogP contribution in [0.4, 0.5) is 0 Å². The van der Waals surface area contributed by atoms with E-state index in [2.05, 4.69) is 11.5 Å². The lowest BCUT2D eigenvalue weighted by Gasteiger charge is -2.31. The van der Waals surface area contributed by atoms with E-state index in [0.717, 1.165) is 13.1 Å². The van der Waals surface area contributed by atoms with Crippen molar-refractivity contribution in [3.63, 3.8) is 0 Å². The number of hydrogen-bond donors (Lipinski definition) is 1. The molecule has 2 aromatic carbocycles. The van der Waals surface area contributed by atoms with Crippen molar-refractivity contribution in [1.82, 2.24) is 9.80 Å². The number of nitrogens with zero attached hydrogens (tertiary/aromatic N) is 2. The molecule has 0 aromatic heterocycles. The molecule has 212 valence electrons. The van der Waals surface area contributed by atoms with Gasteiger partial charge in [0, 0.05) is 31.7 Å². The number of aliphatic hydroxyl groups excluding tert-OH is 1. The van der Waals surface area contributed by atoms with E-state index in [1.807, 2.05) is 6.92 Å². The molecule has 3 aliphatic rings. The topological polar surface area (TPSA) is 107 Å². The number of fused-ring (bicyclic) bond motifs is 1. The summed E-state index contributed by atoms with van der Waals surface area (Å²) in [5.41, 5.74) is 0.983. The highest BCUT2D eigenvalue weighted by Gasteiger charge is 2.46. The maximum atomic E-state index is 13.5. The summed E-state index contributed by atoms with van der Waals surface area (Å²) in [6.07, 6.45) is 1.64. The van der Waals surface area contributed by atoms with Crippen molar-refractivity contribution in [2.45, 2.75) is 13.0 Å². The normalized spacial score (nSPS) is 20.4. The largest absolute Gasteiger partial charge is 0.507 e. The van der Waals surface area contributed by atoms with Crippen LogP contribution in [0.1, 0.15) is 24.1 Å². The van der Waals surface area contributed by atoms with Crippen molar-refractivity contribution in [1.29, 1.82) is 0 Å². The van der Waals surface area contributed by atoms with Gasteiger partial charge < -0.3 is 33.7 Å². The van der Waals surface area contributed by atoms with E-state index in [9.17, 15) is 14.7 Å². The van der Waals surface area contributed by atoms with Gasteiger partial charge in [-0.15, -0.1) is 0 Å². The lowest BCUT2D eigenvalue weighted by Crippen LogP contribution is -2.42. The summed E-state index contributed by atoms with van der Waals surface area (Å²) >= 11 is 0. The number of carbonyl (C=O) groups is 2. The van der Waals surface area contributed by atoms with Crippen LogP contribution in [0.3, 0.4) is 0 Å². The molecule has 10 nitrogen and oxygen atoms in total. The van der Waals surface area contributed by atoms with Crippen molar-refractivity contribution >= 4 is 17.4 Å². The Kier molecular flexibility index (Phi) is 8.57. The second-order valence-electron chi connectivity index (χ2n) is 9.54. The number of aliphatic hydroxyl groups is 1. The molecule has 3 aliphatic heterocycles. The number of hydrogen-bond acceptors (Lipinski definition) is 9. The van der Waals surface area contributed by atoms with Crippen LogP contribution in [0.5, 0.6) is 23.0 Å². The summed E-state index contributed by atoms with van der Waals surface area (Å²) in [4.78, 5) is 30.7. The van der Waals surface area contributed by atoms with E-state index >= 15 is 0 Å². The molecule has 1 N–H and O–H groups in total. The van der Waals surface area contributed by atoms with E-state index in [1.54, 1.807) is 42.5 Å². The van der Waals surface area contributed by atoms with Crippen LogP contribution in [-0.2, 0) is 14.3 Å². The predicted octanol–water partition coefficient (Wildman–Crippen LogP) is 3.18. The van der Waals surface area contributed by atoms with Crippen molar-refractivity contribution < 1.29 is 38.4 Å². The monoisotopic (exact) mass is 550 g/mol. The number of benzene rings is 2. The smallest absolute Gasteiger partial charge is 0.295 e. The molecule has 2 saturated heterocycles. The molecule has 40 heavy (non-hydrogen) atoms. The zero-order valence-electron chi connectivity index (χ0n) is 22.6. The molecule has 1 amide bonds. The minimum absolute atomic E-state index is 0.00543. The average molecular weight is 551 g/mol. The zero-order chi connectivity index (χ0) is 28.1. The van der Waals surface area contributed by atoms with Gasteiger partial charge in [0.05, 0.1) is 31.4 Å². The van der Waals surface area contributed by atoms with Crippen LogP contribution in [0, 0.1) is 0 Å². The third-order valence-corrected chi connectivity index (χ3v) is 7.06. The second-order valence-corrected chi connectivity index (χ2v) is 9.54. The zero-order valence-corrected chi connectivity index (χ0v) is 22.6. The van der Waals surface area contributed by atoms with E-state index in [4.69, 9.17) is 23.7 Å². The molecule has 2 aromatic rings. The first-order valence-electron chi connectivity index (χ1n) is 13.5. The highest BCUT2D eigenvalue weighted by Crippen LogP contribution is 2.43. The molecule has 5 rings (SSSR count). The molecular weight excluding hydrogens is 516 g/mol. The molecule has 10 heteroatoms. The molecule has 0 spiro atoms. The number of amides is 1. The first-order chi connectivity index (χ1) is 19.5. The van der Waals surface area contributed by atoms with Crippen LogP contribution < -0.4 is 18.9 Å². The van der Waals surface area contributed by atoms with Gasteiger partial charge in [0.15, 0.2) is 23.0 Å². The number of rotatable bonds is 10. The Balaban J connectivity index is 1.56. The minimum atomic E-state index is -0.832. The Morgan fingerprint density at radius 1 is 1.00 bits per heavy atom. The fourth-order valence-corrected chi connectivity index (χ4v) is 5.11. The fraction of sp³-hybridized carbons (Fsp3) is 0.400. The third kappa shape index (κ3) is 5.64. The molecule has 2 fully saturated rings. The quantitative estimate of drug-likeness (QED) is 0.207. The van der Waals surface area contributed by atoms with Crippen molar-refractivity contribution in [2.24, 2.45) is 0 Å². The Bertz CT molecular complexity index is 1300. The van der Waals surface area contributed by atoms with Gasteiger partial charge in [-0.25, -0.2) is 0 Å². The summed E-state index contributed by atoms with van der Waals surface area (Å²) in [7, 11) is 0. The molecule has 0 aliphatic carbocycles. The molecule has 3 heterocycles. The van der Waals surface area contributed by atoms with Crippen molar-refractivity contribution in [3.8, 4) is 23.0 Å². The summed E-state index contributed by atoms with van der Waals surface area (Å²) in [6, 6.07) is 9.43. The number of ether oxygens (including phenoxy) is 5. The Morgan fingerprint density at radius 2 is 1.77 bits per heavy atom. The van der Waals surface area contributed by atoms with Gasteiger partial charge in [0.2, 0.25) is 0 Å². The second kappa shape index (κ2) is 12.4. The Morgan fingerprint density at radius 3 is 2.52 bits per heavy atom. The maximum Gasteiger partial charge on any atom is 0.295 e. The molecule has 0 unspecified atom stereocenters. The van der Waals surface area contributed by atoms with E-state index in [0.29, 0.717) is 86.9 Å². The minimum Gasteiger partial charge on any atom is -0.507 e. The van der Waals surface area contributed by atoms with Crippen molar-refractivity contribution in [3.05, 3.63) is 65.8 Å². The van der Waals surface area contributed by atoms with Crippen LogP contribution in [0.2, 0.25) is 0 Å². The standard InChI is InChI=1S/C30H34N2O8/c1-3-13-38-22-7-5-20(18-24(22)37-4-2)27-26(28(33)21-6-8-23-25(19-21)40-17-16-39-23)29(34)30(35)32(27)10-9-31-11-14-36-15-12-31/h3,5-8,18-19,27,33H,1,4,9-17H2,2H3/t27-/m0/s1. The first kappa shape index (κ1) is 27.5. The molecule has 1 atom stereocenters. The third-order valence-electron chi connectivity index (χ3n) is 7.06. The maximum absolute atomic E-state index is 13.5. The van der Waals surface area contributed by atoms with Gasteiger partial charge in [-0.1, -0.05) is 18.7 Å². The first-order valence-corrected chi connectivity index (χ1v) is 13.5. The number of morpholine rings is 1. The van der Waals surface area contributed by atoms with Gasteiger partial charge in [0.1, 0.15) is 25.6 Å². The number of Topliss-reactive ketones (excluding diaryl/α,β-unsaturated/α-hetero) is 1. The van der Waals surface area contributed by atoms with Gasteiger partial charge >= 0.3 is 0 Å². The van der Waals surface area contributed by atoms with E-state index in [1.165, 1.54) is 4.90 Å². The SMILES string of the molecule is C=CCOc1ccc([C@H]2C(=C(O)c3ccc4c(c3)OCCO4)C(=O)C(=O)N2CCN2CCOCC2)cc1OCC. The van der Waals surface area contributed by atoms with E-state index < -0.39 is 17.7 Å². The van der Waals surface area contributed by atoms with Gasteiger partial charge in [-0.05, 0) is 42.8 Å². The summed E-state index contributed by atoms with van der Waals surface area (Å²) in [5, 5.41) is 11.5. The predicted molar refractivity (Wildman–Crippen MR) is 147 cm³/mol.